The second-order valence-corrected chi connectivity index (χ2v) is 4.02. The molecule has 1 aromatic heterocycles. The summed E-state index contributed by atoms with van der Waals surface area (Å²) >= 11 is 0. The summed E-state index contributed by atoms with van der Waals surface area (Å²) in [5.74, 6) is -0.527. The number of amidine groups is 1. The monoisotopic (exact) mass is 284 g/mol. The lowest BCUT2D eigenvalue weighted by Crippen LogP contribution is -2.35. The average Bonchev–Trinajstić information content (AvgIpc) is 2.89. The molecule has 0 saturated carbocycles. The number of carbonyl (C=O) groups excluding carboxylic acids is 1. The van der Waals surface area contributed by atoms with E-state index >= 15 is 0 Å². The molecule has 0 saturated heterocycles. The van der Waals surface area contributed by atoms with Crippen LogP contribution in [0, 0.1) is 0 Å². The van der Waals surface area contributed by atoms with Crippen LogP contribution in [0.15, 0.2) is 16.9 Å². The lowest BCUT2D eigenvalue weighted by molar-refractivity contribution is -0.117. The van der Waals surface area contributed by atoms with Gasteiger partial charge in [-0.15, -0.1) is 5.10 Å². The number of amides is 1. The Kier molecular flexibility index (Phi) is 6.23. The third-order valence-electron chi connectivity index (χ3n) is 2.24. The number of rotatable bonds is 7. The number of aromatic nitrogens is 4. The van der Waals surface area contributed by atoms with Gasteiger partial charge in [0.05, 0.1) is 18.4 Å². The number of allylic oxidation sites excluding steroid dienone is 1. The molecule has 1 heterocycles. The van der Waals surface area contributed by atoms with Gasteiger partial charge < -0.3 is 11.5 Å². The predicted octanol–water partition coefficient (Wildman–Crippen LogP) is -0.524. The van der Waals surface area contributed by atoms with Crippen molar-refractivity contribution in [1.29, 1.82) is 0 Å². The van der Waals surface area contributed by atoms with Crippen molar-refractivity contribution in [3.05, 3.63) is 11.9 Å². The van der Waals surface area contributed by atoms with Gasteiger partial charge in [0, 0.05) is 0 Å². The number of halogens is 1. The Bertz CT molecular complexity index is 479. The number of nitrogens with one attached hydrogen (secondary N) is 2. The van der Waals surface area contributed by atoms with Crippen LogP contribution in [-0.2, 0) is 4.79 Å². The number of nitrogens with two attached hydrogens (primary N) is 2. The van der Waals surface area contributed by atoms with Gasteiger partial charge in [-0.2, -0.15) is 5.21 Å². The van der Waals surface area contributed by atoms with Crippen molar-refractivity contribution in [2.75, 3.05) is 11.9 Å². The molecule has 0 spiro atoms. The van der Waals surface area contributed by atoms with Crippen LogP contribution in [0.4, 0.5) is 10.3 Å². The van der Waals surface area contributed by atoms with E-state index in [0.717, 1.165) is 0 Å². The van der Waals surface area contributed by atoms with Crippen molar-refractivity contribution in [1.82, 2.24) is 20.6 Å². The maximum Gasteiger partial charge on any atom is 0.269 e. The summed E-state index contributed by atoms with van der Waals surface area (Å²) in [4.78, 5) is 15.3. The largest absolute Gasteiger partial charge is 0.388 e. The normalized spacial score (nSPS) is 14.2. The summed E-state index contributed by atoms with van der Waals surface area (Å²) in [6.07, 6.45) is 1.92. The van der Waals surface area contributed by atoms with Crippen molar-refractivity contribution in [2.45, 2.75) is 25.8 Å². The Labute approximate surface area is 114 Å². The molecule has 1 atom stereocenters. The van der Waals surface area contributed by atoms with Gasteiger partial charge in [0.1, 0.15) is 5.83 Å². The van der Waals surface area contributed by atoms with Crippen molar-refractivity contribution in [3.63, 3.8) is 0 Å². The van der Waals surface area contributed by atoms with E-state index in [-0.39, 0.29) is 18.9 Å². The molecule has 0 radical (unpaired) electrons. The van der Waals surface area contributed by atoms with Gasteiger partial charge in [-0.3, -0.25) is 15.1 Å². The molecule has 10 heteroatoms. The molecule has 1 aromatic rings. The van der Waals surface area contributed by atoms with Crippen LogP contribution in [-0.4, -0.2) is 45.0 Å². The molecular formula is C10H17FN8O. The zero-order valence-electron chi connectivity index (χ0n) is 11.0. The molecule has 0 fully saturated rings. The topological polar surface area (TPSA) is 148 Å². The maximum absolute atomic E-state index is 13.2. The molecule has 9 nitrogen and oxygen atoms in total. The van der Waals surface area contributed by atoms with Crippen LogP contribution in [0.1, 0.15) is 19.8 Å². The lowest BCUT2D eigenvalue weighted by atomic mass is 10.1. The number of tetrazole rings is 1. The van der Waals surface area contributed by atoms with Gasteiger partial charge in [0.15, 0.2) is 0 Å². The van der Waals surface area contributed by atoms with Crippen LogP contribution in [0.2, 0.25) is 0 Å². The lowest BCUT2D eigenvalue weighted by Gasteiger charge is -2.08. The second kappa shape index (κ2) is 7.94. The molecule has 6 N–H and O–H groups in total. The predicted molar refractivity (Wildman–Crippen MR) is 71.4 cm³/mol. The molecular weight excluding hydrogens is 267 g/mol. The average molecular weight is 284 g/mol. The maximum atomic E-state index is 13.2. The van der Waals surface area contributed by atoms with E-state index in [1.807, 2.05) is 0 Å². The number of aliphatic imine (C=N–C) groups is 1. The summed E-state index contributed by atoms with van der Waals surface area (Å²) in [5, 5.41) is 14.9. The van der Waals surface area contributed by atoms with Gasteiger partial charge in [-0.1, -0.05) is 11.2 Å². The summed E-state index contributed by atoms with van der Waals surface area (Å²) in [7, 11) is 0. The molecule has 1 amide bonds. The second-order valence-electron chi connectivity index (χ2n) is 4.02. The minimum Gasteiger partial charge on any atom is -0.388 e. The van der Waals surface area contributed by atoms with Gasteiger partial charge in [-0.25, -0.2) is 4.39 Å². The first-order valence-corrected chi connectivity index (χ1v) is 5.90. The Morgan fingerprint density at radius 3 is 3.00 bits per heavy atom. The molecule has 0 unspecified atom stereocenters. The van der Waals surface area contributed by atoms with Crippen molar-refractivity contribution < 1.29 is 9.18 Å². The van der Waals surface area contributed by atoms with E-state index in [2.05, 4.69) is 30.9 Å². The van der Waals surface area contributed by atoms with Crippen LogP contribution in [0.5, 0.6) is 0 Å². The third kappa shape index (κ3) is 6.00. The molecule has 1 rings (SSSR count). The Balaban J connectivity index is 2.32. The van der Waals surface area contributed by atoms with E-state index in [0.29, 0.717) is 12.3 Å². The van der Waals surface area contributed by atoms with Crippen LogP contribution in [0.3, 0.4) is 0 Å². The van der Waals surface area contributed by atoms with Gasteiger partial charge in [0.25, 0.3) is 5.95 Å². The van der Waals surface area contributed by atoms with Crippen LogP contribution < -0.4 is 16.8 Å². The fraction of sp³-hybridized carbons (Fsp3) is 0.500. The molecule has 110 valence electrons. The Morgan fingerprint density at radius 1 is 1.65 bits per heavy atom. The molecule has 0 aliphatic carbocycles. The number of nitrogens with zero attached hydrogens (tertiary/aromatic N) is 4. The van der Waals surface area contributed by atoms with E-state index in [1.165, 1.54) is 6.08 Å². The van der Waals surface area contributed by atoms with Gasteiger partial charge in [0.2, 0.25) is 5.91 Å². The van der Waals surface area contributed by atoms with Crippen molar-refractivity contribution in [2.24, 2.45) is 16.5 Å². The zero-order chi connectivity index (χ0) is 15.0. The molecule has 0 aliphatic rings. The number of anilines is 1. The smallest absolute Gasteiger partial charge is 0.269 e. The summed E-state index contributed by atoms with van der Waals surface area (Å²) in [6.45, 7) is 1.47. The SMILES string of the molecule is CC(N)=NCC(F)=CCC[C@H](N)C(=O)Nc1nn[nH]n1. The summed E-state index contributed by atoms with van der Waals surface area (Å²) < 4.78 is 13.2. The fourth-order valence-electron chi connectivity index (χ4n) is 1.23. The Hall–Kier alpha value is -2.36. The number of H-pyrrole nitrogens is 1. The number of hydrogen-bond acceptors (Lipinski definition) is 6. The minimum atomic E-state index is -0.794. The van der Waals surface area contributed by atoms with Gasteiger partial charge in [-0.05, 0) is 25.0 Å². The molecule has 0 bridgehead atoms. The number of hydrogen-bond donors (Lipinski definition) is 4. The highest BCUT2D eigenvalue weighted by molar-refractivity contribution is 5.93. The summed E-state index contributed by atoms with van der Waals surface area (Å²) in [5.41, 5.74) is 10.9. The molecule has 20 heavy (non-hydrogen) atoms. The first kappa shape index (κ1) is 15.7. The first-order valence-electron chi connectivity index (χ1n) is 5.90. The standard InChI is InChI=1S/C10H17FN8O/c1-6(12)14-5-7(11)3-2-4-8(13)9(20)15-10-16-18-19-17-10/h3,8H,2,4-5,13H2,1H3,(H2,12,14)(H2,15,16,17,18,19,20)/t8-/m0/s1. The summed E-state index contributed by atoms with van der Waals surface area (Å²) in [6, 6.07) is -0.794. The molecule has 0 aliphatic heterocycles. The van der Waals surface area contributed by atoms with E-state index in [9.17, 15) is 9.18 Å². The minimum absolute atomic E-state index is 0.0416. The first-order chi connectivity index (χ1) is 9.49. The van der Waals surface area contributed by atoms with Crippen molar-refractivity contribution in [3.8, 4) is 0 Å². The van der Waals surface area contributed by atoms with Gasteiger partial charge >= 0.3 is 0 Å². The number of aromatic amines is 1. The van der Waals surface area contributed by atoms with Crippen LogP contribution >= 0.6 is 0 Å². The zero-order valence-corrected chi connectivity index (χ0v) is 11.0. The number of carbonyl (C=O) groups is 1. The fourth-order valence-corrected chi connectivity index (χ4v) is 1.23. The highest BCUT2D eigenvalue weighted by Gasteiger charge is 2.14. The van der Waals surface area contributed by atoms with E-state index in [4.69, 9.17) is 11.5 Å². The van der Waals surface area contributed by atoms with E-state index in [1.54, 1.807) is 6.92 Å². The third-order valence-corrected chi connectivity index (χ3v) is 2.24. The Morgan fingerprint density at radius 2 is 2.40 bits per heavy atom. The quantitative estimate of drug-likeness (QED) is 0.391. The highest BCUT2D eigenvalue weighted by Crippen LogP contribution is 2.04. The highest BCUT2D eigenvalue weighted by atomic mass is 19.1. The van der Waals surface area contributed by atoms with Crippen LogP contribution in [0.25, 0.3) is 0 Å². The molecule has 0 aromatic carbocycles. The van der Waals surface area contributed by atoms with Crippen molar-refractivity contribution >= 4 is 17.7 Å². The van der Waals surface area contributed by atoms with E-state index < -0.39 is 17.8 Å².